The summed E-state index contributed by atoms with van der Waals surface area (Å²) < 4.78 is 16.6. The zero-order valence-electron chi connectivity index (χ0n) is 18.8. The number of fused-ring (bicyclic) bond motifs is 1. The Balaban J connectivity index is 1.96. The van der Waals surface area contributed by atoms with Crippen molar-refractivity contribution in [1.82, 2.24) is 15.1 Å². The molecule has 0 spiro atoms. The molecule has 7 N–H and O–H groups in total. The van der Waals surface area contributed by atoms with Crippen LogP contribution in [0.4, 0.5) is 15.9 Å². The number of benzene rings is 1. The third kappa shape index (κ3) is 4.63. The first-order valence-corrected chi connectivity index (χ1v) is 10.3. The topological polar surface area (TPSA) is 209 Å². The van der Waals surface area contributed by atoms with Gasteiger partial charge >= 0.3 is 5.97 Å². The number of carbonyl (C=O) groups excluding carboxylic acids is 2. The van der Waals surface area contributed by atoms with Gasteiger partial charge in [0.05, 0.1) is 30.7 Å². The average molecular weight is 499 g/mol. The Morgan fingerprint density at radius 1 is 1.20 bits per heavy atom. The molecule has 15 heteroatoms. The predicted molar refractivity (Wildman–Crippen MR) is 117 cm³/mol. The number of carbonyl (C=O) groups is 3. The van der Waals surface area contributed by atoms with E-state index in [0.29, 0.717) is 16.7 Å². The summed E-state index contributed by atoms with van der Waals surface area (Å²) in [5.74, 6) is -9.51. The molecule has 0 unspecified atom stereocenters. The molecule has 35 heavy (non-hydrogen) atoms. The molecule has 2 heterocycles. The molecule has 0 radical (unpaired) electrons. The van der Waals surface area contributed by atoms with E-state index in [1.807, 2.05) is 5.32 Å². The highest BCUT2D eigenvalue weighted by Crippen LogP contribution is 2.42. The summed E-state index contributed by atoms with van der Waals surface area (Å²) >= 11 is 0. The van der Waals surface area contributed by atoms with Gasteiger partial charge in [0.2, 0.25) is 23.9 Å². The Morgan fingerprint density at radius 3 is 2.34 bits per heavy atom. The number of piperidine rings is 1. The minimum Gasteiger partial charge on any atom is -0.481 e. The minimum absolute atomic E-state index is 0.0366. The van der Waals surface area contributed by atoms with E-state index in [1.165, 1.54) is 10.7 Å². The predicted octanol–water partition coefficient (Wildman–Crippen LogP) is -2.80. The standard InChI is InChI=1S/C20H26FN5O9/c1-24(4-3-15(28)22-10-27)17-11-5-12(21)14(6-13(11)25(2)23-17)26-8-19(32,33)18(31,7-16(29)30)20(34,35)9-26/h5-6,10,31-35H,3-4,7-9H2,1-2H3,(H,29,30)(H,22,27,28). The fourth-order valence-corrected chi connectivity index (χ4v) is 4.13. The van der Waals surface area contributed by atoms with E-state index in [0.717, 1.165) is 11.0 Å². The number of nitrogens with zero attached hydrogens (tertiary/aromatic N) is 4. The molecule has 0 atom stereocenters. The van der Waals surface area contributed by atoms with Crippen LogP contribution in [0.3, 0.4) is 0 Å². The van der Waals surface area contributed by atoms with E-state index in [9.17, 15) is 39.9 Å². The molecule has 0 bridgehead atoms. The van der Waals surface area contributed by atoms with Crippen molar-refractivity contribution in [3.05, 3.63) is 17.9 Å². The van der Waals surface area contributed by atoms with Gasteiger partial charge in [0, 0.05) is 32.4 Å². The number of anilines is 2. The van der Waals surface area contributed by atoms with Crippen molar-refractivity contribution < 1.29 is 49.4 Å². The van der Waals surface area contributed by atoms with Crippen molar-refractivity contribution in [3.8, 4) is 0 Å². The number of nitrogens with one attached hydrogen (secondary N) is 1. The minimum atomic E-state index is -3.34. The number of aryl methyl sites for hydroxylation is 1. The van der Waals surface area contributed by atoms with Crippen LogP contribution < -0.4 is 15.1 Å². The van der Waals surface area contributed by atoms with Crippen LogP contribution >= 0.6 is 0 Å². The maximum atomic E-state index is 15.2. The Kier molecular flexibility index (Phi) is 6.75. The number of aliphatic hydroxyl groups is 5. The van der Waals surface area contributed by atoms with Crippen LogP contribution in [0.2, 0.25) is 0 Å². The average Bonchev–Trinajstić information content (AvgIpc) is 3.04. The lowest BCUT2D eigenvalue weighted by Crippen LogP contribution is -2.78. The van der Waals surface area contributed by atoms with Crippen molar-refractivity contribution >= 4 is 40.7 Å². The number of β-amino-alcohol motifs (C(OH)–C–C–N with tert-alkyl or cyclic N) is 4. The van der Waals surface area contributed by atoms with Crippen molar-refractivity contribution in [1.29, 1.82) is 0 Å². The highest BCUT2D eigenvalue weighted by molar-refractivity contribution is 5.93. The summed E-state index contributed by atoms with van der Waals surface area (Å²) in [6.07, 6.45) is -1.17. The summed E-state index contributed by atoms with van der Waals surface area (Å²) in [4.78, 5) is 35.4. The van der Waals surface area contributed by atoms with Crippen LogP contribution in [0.15, 0.2) is 12.1 Å². The summed E-state index contributed by atoms with van der Waals surface area (Å²) in [6, 6.07) is 2.35. The molecule has 1 aromatic carbocycles. The van der Waals surface area contributed by atoms with Crippen LogP contribution in [0.1, 0.15) is 12.8 Å². The van der Waals surface area contributed by atoms with E-state index < -0.39 is 54.4 Å². The number of halogens is 1. The SMILES string of the molecule is CN(CCC(=O)NC=O)c1nn(C)c2cc(N3CC(O)(O)C(O)(CC(=O)O)C(O)(O)C3)c(F)cc12. The summed E-state index contributed by atoms with van der Waals surface area (Å²) in [5, 5.41) is 67.6. The van der Waals surface area contributed by atoms with Crippen LogP contribution in [-0.2, 0) is 21.4 Å². The molecule has 1 aliphatic rings. The van der Waals surface area contributed by atoms with Gasteiger partial charge in [-0.05, 0) is 12.1 Å². The first-order valence-electron chi connectivity index (χ1n) is 10.3. The fraction of sp³-hybridized carbons (Fsp3) is 0.500. The molecular weight excluding hydrogens is 473 g/mol. The number of aromatic nitrogens is 2. The molecule has 1 aromatic heterocycles. The molecule has 0 aliphatic carbocycles. The number of hydrogen-bond acceptors (Lipinski definition) is 11. The van der Waals surface area contributed by atoms with E-state index in [-0.39, 0.29) is 25.1 Å². The quantitative estimate of drug-likeness (QED) is 0.145. The molecule has 0 saturated carbocycles. The second-order valence-electron chi connectivity index (χ2n) is 8.54. The van der Waals surface area contributed by atoms with Gasteiger partial charge in [-0.15, -0.1) is 0 Å². The van der Waals surface area contributed by atoms with Gasteiger partial charge in [-0.3, -0.25) is 24.4 Å². The molecule has 2 aromatic rings. The second-order valence-corrected chi connectivity index (χ2v) is 8.54. The zero-order valence-corrected chi connectivity index (χ0v) is 18.8. The molecule has 1 fully saturated rings. The number of hydrogen-bond donors (Lipinski definition) is 7. The fourth-order valence-electron chi connectivity index (χ4n) is 4.13. The van der Waals surface area contributed by atoms with Gasteiger partial charge in [0.25, 0.3) is 0 Å². The molecule has 3 rings (SSSR count). The van der Waals surface area contributed by atoms with Gasteiger partial charge in [-0.2, -0.15) is 5.10 Å². The molecule has 192 valence electrons. The molecule has 1 aliphatic heterocycles. The number of carboxylic acids is 1. The van der Waals surface area contributed by atoms with Gasteiger partial charge in [-0.1, -0.05) is 0 Å². The Hall–Kier alpha value is -3.37. The summed E-state index contributed by atoms with van der Waals surface area (Å²) in [7, 11) is 3.15. The number of rotatable bonds is 8. The number of imide groups is 1. The molecule has 2 amide bonds. The number of amides is 2. The first-order chi connectivity index (χ1) is 16.1. The highest BCUT2D eigenvalue weighted by Gasteiger charge is 2.66. The maximum Gasteiger partial charge on any atom is 0.306 e. The van der Waals surface area contributed by atoms with E-state index in [2.05, 4.69) is 5.10 Å². The maximum absolute atomic E-state index is 15.2. The van der Waals surface area contributed by atoms with E-state index in [1.54, 1.807) is 19.0 Å². The van der Waals surface area contributed by atoms with Crippen molar-refractivity contribution in [2.75, 3.05) is 36.5 Å². The first kappa shape index (κ1) is 26.2. The lowest BCUT2D eigenvalue weighted by atomic mass is 9.77. The summed E-state index contributed by atoms with van der Waals surface area (Å²) in [6.45, 7) is -1.74. The van der Waals surface area contributed by atoms with Crippen molar-refractivity contribution in [3.63, 3.8) is 0 Å². The smallest absolute Gasteiger partial charge is 0.306 e. The highest BCUT2D eigenvalue weighted by atomic mass is 19.1. The van der Waals surface area contributed by atoms with Crippen LogP contribution in [0.5, 0.6) is 0 Å². The van der Waals surface area contributed by atoms with Gasteiger partial charge in [0.15, 0.2) is 11.4 Å². The summed E-state index contributed by atoms with van der Waals surface area (Å²) in [5.41, 5.74) is -3.20. The Labute approximate surface area is 197 Å². The largest absolute Gasteiger partial charge is 0.481 e. The third-order valence-electron chi connectivity index (χ3n) is 6.05. The van der Waals surface area contributed by atoms with Gasteiger partial charge < -0.3 is 40.4 Å². The number of aliphatic carboxylic acids is 1. The van der Waals surface area contributed by atoms with Crippen LogP contribution in [-0.4, -0.2) is 103 Å². The van der Waals surface area contributed by atoms with E-state index >= 15 is 4.39 Å². The Bertz CT molecular complexity index is 1150. The lowest BCUT2D eigenvalue weighted by molar-refractivity contribution is -0.383. The number of carboxylic acid groups (broad SMARTS) is 1. The zero-order chi connectivity index (χ0) is 26.3. The second kappa shape index (κ2) is 9.01. The normalized spacial score (nSPS) is 18.3. The van der Waals surface area contributed by atoms with Gasteiger partial charge in [-0.25, -0.2) is 4.39 Å². The molecule has 14 nitrogen and oxygen atoms in total. The van der Waals surface area contributed by atoms with E-state index in [4.69, 9.17) is 5.11 Å². The lowest BCUT2D eigenvalue weighted by Gasteiger charge is -2.53. The Morgan fingerprint density at radius 2 is 1.80 bits per heavy atom. The van der Waals surface area contributed by atoms with Crippen molar-refractivity contribution in [2.24, 2.45) is 7.05 Å². The molecule has 1 saturated heterocycles. The molecular formula is C20H26FN5O9. The van der Waals surface area contributed by atoms with Crippen LogP contribution in [0, 0.1) is 5.82 Å². The van der Waals surface area contributed by atoms with Crippen LogP contribution in [0.25, 0.3) is 10.9 Å². The third-order valence-corrected chi connectivity index (χ3v) is 6.05. The monoisotopic (exact) mass is 499 g/mol. The van der Waals surface area contributed by atoms with Gasteiger partial charge in [0.1, 0.15) is 5.82 Å². The van der Waals surface area contributed by atoms with Crippen molar-refractivity contribution in [2.45, 2.75) is 30.0 Å².